The first-order valence-electron chi connectivity index (χ1n) is 4.12. The molecule has 0 N–H and O–H groups in total. The van der Waals surface area contributed by atoms with Crippen molar-refractivity contribution >= 4 is 11.0 Å². The third-order valence-electron chi connectivity index (χ3n) is 2.00. The number of hydrogen-bond acceptors (Lipinski definition) is 4. The van der Waals surface area contributed by atoms with Gasteiger partial charge in [0.1, 0.15) is 17.7 Å². The van der Waals surface area contributed by atoms with Crippen LogP contribution in [0.4, 0.5) is 0 Å². The Morgan fingerprint density at radius 2 is 1.73 bits per heavy atom. The van der Waals surface area contributed by atoms with E-state index in [0.717, 1.165) is 0 Å². The van der Waals surface area contributed by atoms with Crippen molar-refractivity contribution in [2.45, 2.75) is 0 Å². The summed E-state index contributed by atoms with van der Waals surface area (Å²) >= 11 is 0. The molecule has 2 aromatic rings. The normalized spacial score (nSPS) is 9.47. The average Bonchev–Trinajstić information content (AvgIpc) is 2.27. The zero-order valence-electron chi connectivity index (χ0n) is 7.52. The summed E-state index contributed by atoms with van der Waals surface area (Å²) in [6.45, 7) is 0. The number of nitriles is 2. The average molecular weight is 196 g/mol. The van der Waals surface area contributed by atoms with Gasteiger partial charge in [0, 0.05) is 17.5 Å². The van der Waals surface area contributed by atoms with Crippen LogP contribution in [0.25, 0.3) is 11.0 Å². The summed E-state index contributed by atoms with van der Waals surface area (Å²) in [5, 5.41) is 18.2. The minimum atomic E-state index is -0.476. The Morgan fingerprint density at radius 1 is 1.07 bits per heavy atom. The smallest absolute Gasteiger partial charge is 0.336 e. The lowest BCUT2D eigenvalue weighted by molar-refractivity contribution is 0.561. The molecule has 0 bridgehead atoms. The number of nitrogens with zero attached hydrogens (tertiary/aromatic N) is 2. The first-order valence-corrected chi connectivity index (χ1v) is 4.12. The van der Waals surface area contributed by atoms with Gasteiger partial charge in [0.15, 0.2) is 0 Å². The molecule has 4 heteroatoms. The van der Waals surface area contributed by atoms with E-state index in [1.54, 1.807) is 6.07 Å². The first-order chi connectivity index (χ1) is 7.24. The molecule has 15 heavy (non-hydrogen) atoms. The zero-order valence-corrected chi connectivity index (χ0v) is 7.52. The van der Waals surface area contributed by atoms with Gasteiger partial charge in [0.25, 0.3) is 0 Å². The highest BCUT2D eigenvalue weighted by Crippen LogP contribution is 2.17. The van der Waals surface area contributed by atoms with Gasteiger partial charge in [0.05, 0.1) is 11.1 Å². The van der Waals surface area contributed by atoms with E-state index < -0.39 is 5.63 Å². The lowest BCUT2D eigenvalue weighted by atomic mass is 10.1. The Kier molecular flexibility index (Phi) is 1.97. The second kappa shape index (κ2) is 3.28. The predicted molar refractivity (Wildman–Crippen MR) is 51.9 cm³/mol. The highest BCUT2D eigenvalue weighted by molar-refractivity contribution is 5.80. The second-order valence-electron chi connectivity index (χ2n) is 2.91. The van der Waals surface area contributed by atoms with Crippen molar-refractivity contribution in [3.8, 4) is 12.1 Å². The second-order valence-corrected chi connectivity index (χ2v) is 2.91. The molecule has 0 unspecified atom stereocenters. The highest BCUT2D eigenvalue weighted by Gasteiger charge is 2.05. The number of rotatable bonds is 0. The third-order valence-corrected chi connectivity index (χ3v) is 2.00. The minimum Gasteiger partial charge on any atom is -0.423 e. The topological polar surface area (TPSA) is 77.8 Å². The molecule has 70 valence electrons. The molecule has 0 spiro atoms. The van der Waals surface area contributed by atoms with E-state index >= 15 is 0 Å². The number of fused-ring (bicyclic) bond motifs is 1. The van der Waals surface area contributed by atoms with Crippen LogP contribution in [0.5, 0.6) is 0 Å². The largest absolute Gasteiger partial charge is 0.423 e. The van der Waals surface area contributed by atoms with Crippen LogP contribution in [0.3, 0.4) is 0 Å². The number of hydrogen-bond donors (Lipinski definition) is 0. The van der Waals surface area contributed by atoms with Gasteiger partial charge in [-0.05, 0) is 12.1 Å². The van der Waals surface area contributed by atoms with Crippen LogP contribution in [0.1, 0.15) is 11.1 Å². The maximum Gasteiger partial charge on any atom is 0.336 e. The van der Waals surface area contributed by atoms with Crippen LogP contribution in [0, 0.1) is 22.7 Å². The monoisotopic (exact) mass is 196 g/mol. The van der Waals surface area contributed by atoms with Gasteiger partial charge in [-0.15, -0.1) is 0 Å². The van der Waals surface area contributed by atoms with Gasteiger partial charge in [-0.1, -0.05) is 0 Å². The van der Waals surface area contributed by atoms with Crippen molar-refractivity contribution in [1.29, 1.82) is 10.5 Å². The maximum atomic E-state index is 10.9. The summed E-state index contributed by atoms with van der Waals surface area (Å²) in [5.74, 6) is 0. The van der Waals surface area contributed by atoms with E-state index in [0.29, 0.717) is 11.0 Å². The summed E-state index contributed by atoms with van der Waals surface area (Å²) in [4.78, 5) is 10.9. The standard InChI is InChI=1S/C11H4N2O2/c12-5-8-3-7-1-2-11(14)15-10(7)4-9(8)6-13/h1-4H. The Hall–Kier alpha value is -2.59. The van der Waals surface area contributed by atoms with Crippen LogP contribution in [-0.2, 0) is 0 Å². The molecule has 0 fully saturated rings. The van der Waals surface area contributed by atoms with E-state index in [1.807, 2.05) is 12.1 Å². The maximum absolute atomic E-state index is 10.9. The van der Waals surface area contributed by atoms with Crippen molar-refractivity contribution in [3.63, 3.8) is 0 Å². The summed E-state index contributed by atoms with van der Waals surface area (Å²) in [7, 11) is 0. The molecule has 1 heterocycles. The Balaban J connectivity index is 2.90. The fourth-order valence-corrected chi connectivity index (χ4v) is 1.30. The van der Waals surface area contributed by atoms with Gasteiger partial charge in [-0.2, -0.15) is 10.5 Å². The van der Waals surface area contributed by atoms with Gasteiger partial charge >= 0.3 is 5.63 Å². The molecule has 0 aliphatic rings. The van der Waals surface area contributed by atoms with Gasteiger partial charge in [-0.3, -0.25) is 0 Å². The van der Waals surface area contributed by atoms with Gasteiger partial charge < -0.3 is 4.42 Å². The molecular formula is C11H4N2O2. The molecule has 0 aliphatic heterocycles. The molecule has 2 rings (SSSR count). The van der Waals surface area contributed by atoms with Crippen molar-refractivity contribution in [2.24, 2.45) is 0 Å². The van der Waals surface area contributed by atoms with Gasteiger partial charge in [0.2, 0.25) is 0 Å². The minimum absolute atomic E-state index is 0.208. The van der Waals surface area contributed by atoms with Crippen molar-refractivity contribution in [1.82, 2.24) is 0 Å². The van der Waals surface area contributed by atoms with Crippen LogP contribution >= 0.6 is 0 Å². The molecule has 1 aromatic heterocycles. The summed E-state index contributed by atoms with van der Waals surface area (Å²) in [6, 6.07) is 9.54. The quantitative estimate of drug-likeness (QED) is 0.598. The fourth-order valence-electron chi connectivity index (χ4n) is 1.30. The van der Waals surface area contributed by atoms with E-state index in [2.05, 4.69) is 0 Å². The lowest BCUT2D eigenvalue weighted by Gasteiger charge is -1.97. The van der Waals surface area contributed by atoms with Crippen molar-refractivity contribution in [2.75, 3.05) is 0 Å². The van der Waals surface area contributed by atoms with E-state index in [1.165, 1.54) is 18.2 Å². The summed E-state index contributed by atoms with van der Waals surface area (Å²) in [6.07, 6.45) is 0. The highest BCUT2D eigenvalue weighted by atomic mass is 16.4. The Bertz CT molecular complexity index is 672. The van der Waals surface area contributed by atoms with E-state index in [9.17, 15) is 4.79 Å². The van der Waals surface area contributed by atoms with E-state index in [4.69, 9.17) is 14.9 Å². The van der Waals surface area contributed by atoms with Crippen molar-refractivity contribution < 1.29 is 4.42 Å². The Morgan fingerprint density at radius 3 is 2.40 bits per heavy atom. The first kappa shape index (κ1) is 8.98. The van der Waals surface area contributed by atoms with Crippen LogP contribution in [0.15, 0.2) is 33.5 Å². The van der Waals surface area contributed by atoms with Gasteiger partial charge in [-0.25, -0.2) is 4.79 Å². The molecule has 0 aliphatic carbocycles. The molecule has 4 nitrogen and oxygen atoms in total. The molecule has 0 radical (unpaired) electrons. The van der Waals surface area contributed by atoms with Crippen LogP contribution in [0.2, 0.25) is 0 Å². The summed E-state index contributed by atoms with van der Waals surface area (Å²) < 4.78 is 4.89. The lowest BCUT2D eigenvalue weighted by Crippen LogP contribution is -1.95. The molecule has 0 amide bonds. The molecule has 0 saturated carbocycles. The number of benzene rings is 1. The van der Waals surface area contributed by atoms with E-state index in [-0.39, 0.29) is 11.1 Å². The Labute approximate surface area is 84.6 Å². The molecule has 0 saturated heterocycles. The predicted octanol–water partition coefficient (Wildman–Crippen LogP) is 1.54. The third kappa shape index (κ3) is 1.45. The molecular weight excluding hydrogens is 192 g/mol. The van der Waals surface area contributed by atoms with Crippen LogP contribution < -0.4 is 5.63 Å². The summed E-state index contributed by atoms with van der Waals surface area (Å²) in [5.41, 5.74) is 0.326. The van der Waals surface area contributed by atoms with Crippen LogP contribution in [-0.4, -0.2) is 0 Å². The molecule has 1 aromatic carbocycles. The SMILES string of the molecule is N#Cc1cc2ccc(=O)oc2cc1C#N. The fraction of sp³-hybridized carbons (Fsp3) is 0. The van der Waals surface area contributed by atoms with Crippen molar-refractivity contribution in [3.05, 3.63) is 45.8 Å². The molecule has 0 atom stereocenters. The zero-order chi connectivity index (χ0) is 10.8.